The van der Waals surface area contributed by atoms with Crippen LogP contribution in [0.15, 0.2) is 0 Å². The number of halogens is 3. The molecule has 0 saturated heterocycles. The van der Waals surface area contributed by atoms with E-state index in [1.165, 1.54) is 13.8 Å². The molecule has 0 aromatic carbocycles. The zero-order valence-electron chi connectivity index (χ0n) is 8.50. The highest BCUT2D eigenvalue weighted by molar-refractivity contribution is 4.58. The van der Waals surface area contributed by atoms with Crippen LogP contribution in [0.2, 0.25) is 0 Å². The van der Waals surface area contributed by atoms with Crippen LogP contribution in [0.4, 0.5) is 13.2 Å². The maximum atomic E-state index is 11.4. The van der Waals surface area contributed by atoms with Crippen LogP contribution in [0.25, 0.3) is 0 Å². The van der Waals surface area contributed by atoms with E-state index in [-0.39, 0.29) is 6.42 Å². The molecule has 0 saturated carbocycles. The standard InChI is InChI=1S/C5H9F3.C4H10/c1-3-4(2)5(6,7)8;1-4(2)3/h4H,3H2,1-2H3;4H,1-3H3. The predicted octanol–water partition coefficient (Wildman–Crippen LogP) is 4.26. The third-order valence-corrected chi connectivity index (χ3v) is 1.17. The third kappa shape index (κ3) is 12.5. The van der Waals surface area contributed by atoms with Gasteiger partial charge in [-0.1, -0.05) is 34.6 Å². The first-order valence-corrected chi connectivity index (χ1v) is 4.28. The second-order valence-electron chi connectivity index (χ2n) is 3.58. The van der Waals surface area contributed by atoms with Crippen LogP contribution < -0.4 is 0 Å². The van der Waals surface area contributed by atoms with Gasteiger partial charge in [-0.2, -0.15) is 13.2 Å². The van der Waals surface area contributed by atoms with Gasteiger partial charge in [0, 0.05) is 0 Å². The van der Waals surface area contributed by atoms with Crippen molar-refractivity contribution in [1.29, 1.82) is 0 Å². The molecule has 1 atom stereocenters. The summed E-state index contributed by atoms with van der Waals surface area (Å²) >= 11 is 0. The lowest BCUT2D eigenvalue weighted by Gasteiger charge is -2.11. The van der Waals surface area contributed by atoms with Crippen molar-refractivity contribution in [3.05, 3.63) is 0 Å². The van der Waals surface area contributed by atoms with Gasteiger partial charge in [-0.15, -0.1) is 0 Å². The predicted molar refractivity (Wildman–Crippen MR) is 46.0 cm³/mol. The fourth-order valence-corrected chi connectivity index (χ4v) is 0.231. The van der Waals surface area contributed by atoms with E-state index in [0.29, 0.717) is 0 Å². The van der Waals surface area contributed by atoms with Gasteiger partial charge in [-0.25, -0.2) is 0 Å². The van der Waals surface area contributed by atoms with E-state index in [2.05, 4.69) is 20.8 Å². The van der Waals surface area contributed by atoms with Crippen LogP contribution in [0.3, 0.4) is 0 Å². The topological polar surface area (TPSA) is 0 Å². The minimum absolute atomic E-state index is 0.170. The minimum Gasteiger partial charge on any atom is -0.171 e. The summed E-state index contributed by atoms with van der Waals surface area (Å²) in [4.78, 5) is 0. The molecule has 0 nitrogen and oxygen atoms in total. The van der Waals surface area contributed by atoms with Crippen LogP contribution >= 0.6 is 0 Å². The Morgan fingerprint density at radius 2 is 1.25 bits per heavy atom. The summed E-state index contributed by atoms with van der Waals surface area (Å²) in [6.07, 6.45) is -3.82. The molecule has 76 valence electrons. The summed E-state index contributed by atoms with van der Waals surface area (Å²) in [5, 5.41) is 0. The molecule has 0 aromatic rings. The van der Waals surface area contributed by atoms with Gasteiger partial charge in [0.25, 0.3) is 0 Å². The highest BCUT2D eigenvalue weighted by atomic mass is 19.4. The van der Waals surface area contributed by atoms with Crippen LogP contribution in [0.1, 0.15) is 41.0 Å². The van der Waals surface area contributed by atoms with Crippen molar-refractivity contribution in [2.24, 2.45) is 11.8 Å². The van der Waals surface area contributed by atoms with Crippen molar-refractivity contribution in [2.75, 3.05) is 0 Å². The molecule has 0 aliphatic carbocycles. The molecule has 0 spiro atoms. The van der Waals surface area contributed by atoms with E-state index >= 15 is 0 Å². The highest BCUT2D eigenvalue weighted by Crippen LogP contribution is 2.27. The number of rotatable bonds is 1. The Morgan fingerprint density at radius 3 is 1.25 bits per heavy atom. The van der Waals surface area contributed by atoms with Gasteiger partial charge in [-0.3, -0.25) is 0 Å². The second kappa shape index (κ2) is 6.32. The van der Waals surface area contributed by atoms with Crippen molar-refractivity contribution in [2.45, 2.75) is 47.2 Å². The Bertz CT molecular complexity index is 91.7. The van der Waals surface area contributed by atoms with Crippen molar-refractivity contribution >= 4 is 0 Å². The molecular formula is C9H19F3. The van der Waals surface area contributed by atoms with E-state index in [9.17, 15) is 13.2 Å². The third-order valence-electron chi connectivity index (χ3n) is 1.17. The van der Waals surface area contributed by atoms with Gasteiger partial charge in [0.15, 0.2) is 0 Å². The van der Waals surface area contributed by atoms with Gasteiger partial charge < -0.3 is 0 Å². The average Bonchev–Trinajstić information content (AvgIpc) is 1.82. The van der Waals surface area contributed by atoms with Crippen molar-refractivity contribution < 1.29 is 13.2 Å². The Morgan fingerprint density at radius 1 is 1.00 bits per heavy atom. The lowest BCUT2D eigenvalue weighted by Crippen LogP contribution is -2.18. The molecular weight excluding hydrogens is 165 g/mol. The Hall–Kier alpha value is -0.210. The quantitative estimate of drug-likeness (QED) is 0.571. The summed E-state index contributed by atoms with van der Waals surface area (Å²) in [5.41, 5.74) is 0. The molecule has 0 amide bonds. The van der Waals surface area contributed by atoms with Crippen LogP contribution in [-0.4, -0.2) is 6.18 Å². The molecule has 0 aliphatic heterocycles. The highest BCUT2D eigenvalue weighted by Gasteiger charge is 2.33. The van der Waals surface area contributed by atoms with Gasteiger partial charge in [0.1, 0.15) is 0 Å². The molecule has 1 unspecified atom stereocenters. The van der Waals surface area contributed by atoms with Crippen LogP contribution in [-0.2, 0) is 0 Å². The first-order valence-electron chi connectivity index (χ1n) is 4.28. The number of alkyl halides is 3. The zero-order valence-corrected chi connectivity index (χ0v) is 8.50. The van der Waals surface area contributed by atoms with E-state index in [0.717, 1.165) is 5.92 Å². The molecule has 0 radical (unpaired) electrons. The number of hydrogen-bond acceptors (Lipinski definition) is 0. The van der Waals surface area contributed by atoms with Crippen LogP contribution in [0.5, 0.6) is 0 Å². The van der Waals surface area contributed by atoms with Gasteiger partial charge in [0.05, 0.1) is 5.92 Å². The minimum atomic E-state index is -3.99. The summed E-state index contributed by atoms with van der Waals surface area (Å²) in [7, 11) is 0. The largest absolute Gasteiger partial charge is 0.391 e. The SMILES string of the molecule is CC(C)C.CCC(C)C(F)(F)F. The average molecular weight is 184 g/mol. The summed E-state index contributed by atoms with van der Waals surface area (Å²) < 4.78 is 34.3. The molecule has 0 aliphatic rings. The molecule has 12 heavy (non-hydrogen) atoms. The van der Waals surface area contributed by atoms with E-state index < -0.39 is 12.1 Å². The van der Waals surface area contributed by atoms with Crippen molar-refractivity contribution in [3.63, 3.8) is 0 Å². The molecule has 0 aromatic heterocycles. The van der Waals surface area contributed by atoms with Gasteiger partial charge in [-0.05, 0) is 12.3 Å². The Labute approximate surface area is 73.2 Å². The summed E-state index contributed by atoms with van der Waals surface area (Å²) in [5.74, 6) is -0.317. The lowest BCUT2D eigenvalue weighted by atomic mass is 10.1. The zero-order chi connectivity index (χ0) is 10.4. The van der Waals surface area contributed by atoms with E-state index in [4.69, 9.17) is 0 Å². The van der Waals surface area contributed by atoms with E-state index in [1.54, 1.807) is 0 Å². The molecule has 0 bridgehead atoms. The second-order valence-corrected chi connectivity index (χ2v) is 3.58. The van der Waals surface area contributed by atoms with Crippen LogP contribution in [0, 0.1) is 11.8 Å². The smallest absolute Gasteiger partial charge is 0.171 e. The molecule has 0 N–H and O–H groups in total. The number of hydrogen-bond donors (Lipinski definition) is 0. The summed E-state index contributed by atoms with van der Waals surface area (Å²) in [6, 6.07) is 0. The molecule has 0 rings (SSSR count). The molecule has 3 heteroatoms. The first-order chi connectivity index (χ1) is 5.21. The summed E-state index contributed by atoms with van der Waals surface area (Å²) in [6.45, 7) is 9.21. The molecule has 0 heterocycles. The maximum Gasteiger partial charge on any atom is 0.391 e. The Balaban J connectivity index is 0. The van der Waals surface area contributed by atoms with Gasteiger partial charge >= 0.3 is 6.18 Å². The molecule has 0 fully saturated rings. The Kier molecular flexibility index (Phi) is 7.54. The monoisotopic (exact) mass is 184 g/mol. The normalized spacial score (nSPS) is 13.8. The fraction of sp³-hybridized carbons (Fsp3) is 1.00. The van der Waals surface area contributed by atoms with Gasteiger partial charge in [0.2, 0.25) is 0 Å². The van der Waals surface area contributed by atoms with Crippen molar-refractivity contribution in [3.8, 4) is 0 Å². The fourth-order valence-electron chi connectivity index (χ4n) is 0.231. The lowest BCUT2D eigenvalue weighted by molar-refractivity contribution is -0.170. The van der Waals surface area contributed by atoms with E-state index in [1.807, 2.05) is 0 Å². The van der Waals surface area contributed by atoms with Crippen molar-refractivity contribution in [1.82, 2.24) is 0 Å². The first kappa shape index (κ1) is 14.3. The maximum absolute atomic E-state index is 11.4.